The van der Waals surface area contributed by atoms with E-state index in [-0.39, 0.29) is 0 Å². The average Bonchev–Trinajstić information content (AvgIpc) is 2.28. The Balaban J connectivity index is 0.000000606. The third kappa shape index (κ3) is 3.00. The number of likely N-dealkylation sites (tertiary alicyclic amines) is 1. The summed E-state index contributed by atoms with van der Waals surface area (Å²) in [5.74, 6) is 1.94. The van der Waals surface area contributed by atoms with Gasteiger partial charge >= 0.3 is 0 Å². The van der Waals surface area contributed by atoms with Crippen LogP contribution in [0.3, 0.4) is 0 Å². The van der Waals surface area contributed by atoms with Crippen molar-refractivity contribution >= 4 is 0 Å². The summed E-state index contributed by atoms with van der Waals surface area (Å²) in [6.45, 7) is 15.1. The van der Waals surface area contributed by atoms with E-state index in [2.05, 4.69) is 25.7 Å². The highest BCUT2D eigenvalue weighted by molar-refractivity contribution is 4.97. The molecule has 1 nitrogen and oxygen atoms in total. The summed E-state index contributed by atoms with van der Waals surface area (Å²) in [7, 11) is 0. The number of nitrogens with zero attached hydrogens (tertiary/aromatic N) is 1. The third-order valence-corrected chi connectivity index (χ3v) is 4.60. The molecule has 0 radical (unpaired) electrons. The average molecular weight is 225 g/mol. The summed E-state index contributed by atoms with van der Waals surface area (Å²) < 4.78 is 0. The predicted molar refractivity (Wildman–Crippen MR) is 72.7 cm³/mol. The summed E-state index contributed by atoms with van der Waals surface area (Å²) in [6.07, 6.45) is 6.00. The van der Waals surface area contributed by atoms with Crippen molar-refractivity contribution in [1.29, 1.82) is 0 Å². The van der Waals surface area contributed by atoms with E-state index >= 15 is 0 Å². The molecule has 2 aliphatic rings. The molecule has 1 spiro atoms. The molecular formula is C15H31N. The van der Waals surface area contributed by atoms with Gasteiger partial charge in [-0.3, -0.25) is 0 Å². The molecule has 0 aromatic carbocycles. The van der Waals surface area contributed by atoms with Gasteiger partial charge in [-0.05, 0) is 49.5 Å². The van der Waals surface area contributed by atoms with E-state index in [0.717, 1.165) is 17.3 Å². The highest BCUT2D eigenvalue weighted by Gasteiger charge is 2.44. The maximum atomic E-state index is 2.59. The lowest BCUT2D eigenvalue weighted by atomic mass is 9.64. The maximum absolute atomic E-state index is 2.59. The van der Waals surface area contributed by atoms with Crippen molar-refractivity contribution in [2.75, 3.05) is 19.6 Å². The molecule has 0 aromatic rings. The summed E-state index contributed by atoms with van der Waals surface area (Å²) in [6, 6.07) is 0. The minimum atomic E-state index is 0.765. The lowest BCUT2D eigenvalue weighted by Gasteiger charge is -2.54. The Labute approximate surface area is 103 Å². The van der Waals surface area contributed by atoms with Gasteiger partial charge in [0, 0.05) is 13.1 Å². The molecule has 2 fully saturated rings. The van der Waals surface area contributed by atoms with Crippen molar-refractivity contribution in [3.8, 4) is 0 Å². The normalized spacial score (nSPS) is 25.1. The zero-order valence-corrected chi connectivity index (χ0v) is 12.1. The number of hydrogen-bond donors (Lipinski definition) is 0. The molecule has 0 amide bonds. The van der Waals surface area contributed by atoms with Crippen LogP contribution < -0.4 is 0 Å². The molecule has 2 rings (SSSR count). The minimum Gasteiger partial charge on any atom is -0.302 e. The van der Waals surface area contributed by atoms with Crippen LogP contribution in [0.1, 0.15) is 60.3 Å². The van der Waals surface area contributed by atoms with Crippen molar-refractivity contribution in [2.45, 2.75) is 60.3 Å². The highest BCUT2D eigenvalue weighted by atomic mass is 15.2. The van der Waals surface area contributed by atoms with E-state index in [1.807, 2.05) is 13.8 Å². The molecule has 0 atom stereocenters. The molecule has 0 bridgehead atoms. The highest BCUT2D eigenvalue weighted by Crippen LogP contribution is 2.46. The third-order valence-electron chi connectivity index (χ3n) is 4.60. The van der Waals surface area contributed by atoms with Crippen LogP contribution in [0.4, 0.5) is 0 Å². The largest absolute Gasteiger partial charge is 0.302 e. The van der Waals surface area contributed by atoms with Crippen molar-refractivity contribution in [3.05, 3.63) is 0 Å². The molecule has 1 aliphatic heterocycles. The molecule has 1 aliphatic carbocycles. The smallest absolute Gasteiger partial charge is 0.00504 e. The summed E-state index contributed by atoms with van der Waals surface area (Å²) in [4.78, 5) is 2.59. The molecule has 0 aromatic heterocycles. The Kier molecular flexibility index (Phi) is 5.30. The first kappa shape index (κ1) is 14.0. The monoisotopic (exact) mass is 225 g/mol. The minimum absolute atomic E-state index is 0.765. The quantitative estimate of drug-likeness (QED) is 0.681. The SMILES string of the molecule is CC.CCN1CC2(CCC(C(C)C)CC2)C1. The van der Waals surface area contributed by atoms with Gasteiger partial charge in [-0.15, -0.1) is 0 Å². The van der Waals surface area contributed by atoms with Crippen LogP contribution in [-0.2, 0) is 0 Å². The van der Waals surface area contributed by atoms with Gasteiger partial charge in [0.1, 0.15) is 0 Å². The Morgan fingerprint density at radius 2 is 1.62 bits per heavy atom. The first-order valence-electron chi connectivity index (χ1n) is 7.37. The van der Waals surface area contributed by atoms with Gasteiger partial charge in [-0.1, -0.05) is 34.6 Å². The Hall–Kier alpha value is -0.0400. The number of rotatable bonds is 2. The van der Waals surface area contributed by atoms with Gasteiger partial charge in [-0.2, -0.15) is 0 Å². The van der Waals surface area contributed by atoms with Crippen LogP contribution in [-0.4, -0.2) is 24.5 Å². The summed E-state index contributed by atoms with van der Waals surface area (Å²) in [5, 5.41) is 0. The lowest BCUT2D eigenvalue weighted by molar-refractivity contribution is -0.0389. The van der Waals surface area contributed by atoms with Crippen molar-refractivity contribution in [3.63, 3.8) is 0 Å². The van der Waals surface area contributed by atoms with E-state index in [1.165, 1.54) is 45.3 Å². The molecule has 96 valence electrons. The second-order valence-corrected chi connectivity index (χ2v) is 5.88. The van der Waals surface area contributed by atoms with E-state index in [1.54, 1.807) is 0 Å². The van der Waals surface area contributed by atoms with Crippen molar-refractivity contribution < 1.29 is 0 Å². The topological polar surface area (TPSA) is 3.24 Å². The Bertz CT molecular complexity index is 182. The summed E-state index contributed by atoms with van der Waals surface area (Å²) in [5.41, 5.74) is 0.765. The van der Waals surface area contributed by atoms with Crippen LogP contribution >= 0.6 is 0 Å². The maximum Gasteiger partial charge on any atom is 0.00504 e. The Morgan fingerprint density at radius 1 is 1.12 bits per heavy atom. The van der Waals surface area contributed by atoms with Gasteiger partial charge in [-0.25, -0.2) is 0 Å². The van der Waals surface area contributed by atoms with E-state index in [9.17, 15) is 0 Å². The zero-order chi connectivity index (χ0) is 12.2. The first-order chi connectivity index (χ1) is 7.65. The van der Waals surface area contributed by atoms with Gasteiger partial charge in [0.25, 0.3) is 0 Å². The summed E-state index contributed by atoms with van der Waals surface area (Å²) >= 11 is 0. The predicted octanol–water partition coefficient (Wildman–Crippen LogP) is 4.18. The van der Waals surface area contributed by atoms with Gasteiger partial charge in [0.05, 0.1) is 0 Å². The first-order valence-corrected chi connectivity index (χ1v) is 7.37. The second kappa shape index (κ2) is 6.05. The van der Waals surface area contributed by atoms with Crippen LogP contribution in [0.15, 0.2) is 0 Å². The zero-order valence-electron chi connectivity index (χ0n) is 12.1. The van der Waals surface area contributed by atoms with Crippen LogP contribution in [0.25, 0.3) is 0 Å². The number of hydrogen-bond acceptors (Lipinski definition) is 1. The van der Waals surface area contributed by atoms with Crippen LogP contribution in [0, 0.1) is 17.3 Å². The standard InChI is InChI=1S/C13H25N.C2H6/c1-4-14-9-13(10-14)7-5-12(6-8-13)11(2)3;1-2/h11-12H,4-10H2,1-3H3;1-2H3. The van der Waals surface area contributed by atoms with Crippen LogP contribution in [0.5, 0.6) is 0 Å². The molecule has 16 heavy (non-hydrogen) atoms. The molecule has 1 heteroatoms. The fourth-order valence-electron chi connectivity index (χ4n) is 3.36. The molecule has 0 unspecified atom stereocenters. The van der Waals surface area contributed by atoms with Crippen molar-refractivity contribution in [2.24, 2.45) is 17.3 Å². The van der Waals surface area contributed by atoms with E-state index < -0.39 is 0 Å². The molecule has 1 saturated carbocycles. The van der Waals surface area contributed by atoms with E-state index in [0.29, 0.717) is 0 Å². The molecule has 1 heterocycles. The van der Waals surface area contributed by atoms with Gasteiger partial charge in [0.2, 0.25) is 0 Å². The van der Waals surface area contributed by atoms with Gasteiger partial charge in [0.15, 0.2) is 0 Å². The fraction of sp³-hybridized carbons (Fsp3) is 1.00. The molecule has 1 saturated heterocycles. The lowest BCUT2D eigenvalue weighted by Crippen LogP contribution is -2.57. The van der Waals surface area contributed by atoms with Crippen molar-refractivity contribution in [1.82, 2.24) is 4.90 Å². The Morgan fingerprint density at radius 3 is 2.00 bits per heavy atom. The second-order valence-electron chi connectivity index (χ2n) is 5.88. The fourth-order valence-corrected chi connectivity index (χ4v) is 3.36. The van der Waals surface area contributed by atoms with Crippen LogP contribution in [0.2, 0.25) is 0 Å². The molecular weight excluding hydrogens is 194 g/mol. The van der Waals surface area contributed by atoms with Gasteiger partial charge < -0.3 is 4.90 Å². The van der Waals surface area contributed by atoms with E-state index in [4.69, 9.17) is 0 Å². The molecule has 0 N–H and O–H groups in total.